The fourth-order valence-electron chi connectivity index (χ4n) is 7.30. The summed E-state index contributed by atoms with van der Waals surface area (Å²) in [7, 11) is 2.09. The van der Waals surface area contributed by atoms with Gasteiger partial charge in [0.05, 0.1) is 0 Å². The second-order valence-electron chi connectivity index (χ2n) is 9.30. The lowest BCUT2D eigenvalue weighted by Crippen LogP contribution is -2.50. The van der Waals surface area contributed by atoms with E-state index in [2.05, 4.69) is 37.9 Å². The molecule has 1 spiro atoms. The molecule has 3 nitrogen and oxygen atoms in total. The normalized spacial score (nSPS) is 51.4. The molecular weight excluding hydrogens is 310 g/mol. The van der Waals surface area contributed by atoms with Gasteiger partial charge in [-0.25, -0.2) is 0 Å². The van der Waals surface area contributed by atoms with Gasteiger partial charge in [-0.2, -0.15) is 0 Å². The molecule has 7 unspecified atom stereocenters. The van der Waals surface area contributed by atoms with Crippen molar-refractivity contribution in [1.82, 2.24) is 4.90 Å². The molecule has 25 heavy (non-hydrogen) atoms. The summed E-state index contributed by atoms with van der Waals surface area (Å²) >= 11 is 0. The lowest BCUT2D eigenvalue weighted by atomic mass is 9.49. The molecule has 0 aromatic heterocycles. The maximum absolute atomic E-state index is 11.9. The van der Waals surface area contributed by atoms with E-state index in [9.17, 15) is 9.90 Å². The maximum Gasteiger partial charge on any atom is 0.178 e. The summed E-state index contributed by atoms with van der Waals surface area (Å²) in [6.07, 6.45) is 13.5. The molecule has 1 aliphatic heterocycles. The molecule has 4 aliphatic carbocycles. The summed E-state index contributed by atoms with van der Waals surface area (Å²) in [4.78, 5) is 14.1. The highest BCUT2D eigenvalue weighted by molar-refractivity contribution is 6.01. The van der Waals surface area contributed by atoms with Gasteiger partial charge < -0.3 is 5.11 Å². The molecule has 0 radical (unpaired) electrons. The van der Waals surface area contributed by atoms with Crippen molar-refractivity contribution < 1.29 is 9.90 Å². The Balaban J connectivity index is 1.55. The van der Waals surface area contributed by atoms with E-state index in [4.69, 9.17) is 0 Å². The Bertz CT molecular complexity index is 734. The average Bonchev–Trinajstić information content (AvgIpc) is 3.07. The standard InChI is InChI=1S/C22H29NO2/c1-13-17-6-7-19-16-5-4-14-12-15(24)8-10-21(14,2)18(16)9-11-22(17,19)20(25)23(13)3/h7-8,10,12-13,16-18,20,25H,4-6,9,11H2,1-3H3. The summed E-state index contributed by atoms with van der Waals surface area (Å²) in [5.74, 6) is 1.85. The van der Waals surface area contributed by atoms with Crippen molar-refractivity contribution >= 4 is 5.78 Å². The molecule has 2 saturated carbocycles. The van der Waals surface area contributed by atoms with Crippen LogP contribution in [-0.2, 0) is 4.79 Å². The van der Waals surface area contributed by atoms with E-state index in [1.165, 1.54) is 5.57 Å². The molecule has 1 heterocycles. The average molecular weight is 339 g/mol. The third-order valence-electron chi connectivity index (χ3n) is 8.71. The second kappa shape index (κ2) is 4.95. The van der Waals surface area contributed by atoms with Crippen LogP contribution in [0.4, 0.5) is 0 Å². The van der Waals surface area contributed by atoms with Crippen LogP contribution < -0.4 is 0 Å². The minimum absolute atomic E-state index is 0.0128. The number of ketones is 1. The highest BCUT2D eigenvalue weighted by Gasteiger charge is 2.64. The second-order valence-corrected chi connectivity index (χ2v) is 9.30. The van der Waals surface area contributed by atoms with E-state index in [0.717, 1.165) is 32.1 Å². The van der Waals surface area contributed by atoms with Gasteiger partial charge in [0, 0.05) is 16.9 Å². The Labute approximate surface area is 150 Å². The zero-order chi connectivity index (χ0) is 17.6. The van der Waals surface area contributed by atoms with Crippen molar-refractivity contribution in [3.63, 3.8) is 0 Å². The highest BCUT2D eigenvalue weighted by atomic mass is 16.3. The van der Waals surface area contributed by atoms with Crippen LogP contribution in [0.15, 0.2) is 35.5 Å². The van der Waals surface area contributed by atoms with Crippen molar-refractivity contribution in [2.75, 3.05) is 7.05 Å². The van der Waals surface area contributed by atoms with E-state index >= 15 is 0 Å². The first-order valence-electron chi connectivity index (χ1n) is 9.94. The van der Waals surface area contributed by atoms with Crippen LogP contribution >= 0.6 is 0 Å². The molecule has 1 N–H and O–H groups in total. The van der Waals surface area contributed by atoms with Crippen LogP contribution in [0.2, 0.25) is 0 Å². The van der Waals surface area contributed by atoms with E-state index in [1.54, 1.807) is 11.6 Å². The number of aliphatic hydroxyl groups excluding tert-OH is 1. The number of rotatable bonds is 0. The summed E-state index contributed by atoms with van der Waals surface area (Å²) in [6, 6.07) is 0.446. The van der Waals surface area contributed by atoms with Crippen LogP contribution in [0.3, 0.4) is 0 Å². The number of likely N-dealkylation sites (tertiary alicyclic amines) is 1. The number of carbonyl (C=O) groups excluding carboxylic acids is 1. The predicted octanol–water partition coefficient (Wildman–Crippen LogP) is 3.46. The van der Waals surface area contributed by atoms with Crippen LogP contribution in [0.5, 0.6) is 0 Å². The first-order valence-corrected chi connectivity index (χ1v) is 9.94. The number of hydrogen-bond acceptors (Lipinski definition) is 3. The predicted molar refractivity (Wildman–Crippen MR) is 97.6 cm³/mol. The molecule has 134 valence electrons. The van der Waals surface area contributed by atoms with Crippen molar-refractivity contribution in [2.24, 2.45) is 28.6 Å². The van der Waals surface area contributed by atoms with Crippen molar-refractivity contribution in [2.45, 2.75) is 58.2 Å². The molecule has 3 heteroatoms. The molecule has 3 fully saturated rings. The SMILES string of the molecule is CC1C2CC=C3C4CCC5=CC(=O)C=CC5(C)C4CCC32C(O)N1C. The Hall–Kier alpha value is -1.19. The zero-order valence-electron chi connectivity index (χ0n) is 15.5. The topological polar surface area (TPSA) is 40.5 Å². The van der Waals surface area contributed by atoms with Gasteiger partial charge in [0.2, 0.25) is 0 Å². The first-order chi connectivity index (χ1) is 11.9. The smallest absolute Gasteiger partial charge is 0.178 e. The number of fused-ring (bicyclic) bond motifs is 4. The van der Waals surface area contributed by atoms with Gasteiger partial charge in [-0.1, -0.05) is 30.2 Å². The third-order valence-corrected chi connectivity index (χ3v) is 8.71. The highest BCUT2D eigenvalue weighted by Crippen LogP contribution is 2.67. The van der Waals surface area contributed by atoms with Crippen molar-refractivity contribution in [3.8, 4) is 0 Å². The third kappa shape index (κ3) is 1.77. The largest absolute Gasteiger partial charge is 0.377 e. The number of allylic oxidation sites excluding steroid dienone is 5. The minimum Gasteiger partial charge on any atom is -0.377 e. The molecule has 0 bridgehead atoms. The van der Waals surface area contributed by atoms with Gasteiger partial charge >= 0.3 is 0 Å². The number of nitrogens with zero attached hydrogens (tertiary/aromatic N) is 1. The molecule has 0 aromatic rings. The van der Waals surface area contributed by atoms with E-state index in [0.29, 0.717) is 23.8 Å². The van der Waals surface area contributed by atoms with Gasteiger partial charge in [0.1, 0.15) is 6.23 Å². The Morgan fingerprint density at radius 1 is 1.28 bits per heavy atom. The fourth-order valence-corrected chi connectivity index (χ4v) is 7.30. The van der Waals surface area contributed by atoms with Gasteiger partial charge in [-0.15, -0.1) is 0 Å². The summed E-state index contributed by atoms with van der Waals surface area (Å²) < 4.78 is 0. The summed E-state index contributed by atoms with van der Waals surface area (Å²) in [5, 5.41) is 11.2. The molecule has 5 aliphatic rings. The quantitative estimate of drug-likeness (QED) is 0.687. The van der Waals surface area contributed by atoms with Crippen LogP contribution in [0, 0.1) is 28.6 Å². The van der Waals surface area contributed by atoms with E-state index < -0.39 is 0 Å². The molecule has 1 saturated heterocycles. The van der Waals surface area contributed by atoms with Crippen LogP contribution in [0.1, 0.15) is 46.0 Å². The van der Waals surface area contributed by atoms with Gasteiger partial charge in [-0.05, 0) is 76.0 Å². The fraction of sp³-hybridized carbons (Fsp3) is 0.682. The Morgan fingerprint density at radius 3 is 2.88 bits per heavy atom. The van der Waals surface area contributed by atoms with E-state index in [1.807, 2.05) is 6.08 Å². The first kappa shape index (κ1) is 16.0. The zero-order valence-corrected chi connectivity index (χ0v) is 15.5. The number of aliphatic hydroxyl groups is 1. The number of hydrogen-bond donors (Lipinski definition) is 1. The van der Waals surface area contributed by atoms with Gasteiger partial charge in [0.15, 0.2) is 5.78 Å². The van der Waals surface area contributed by atoms with Gasteiger partial charge in [0.25, 0.3) is 0 Å². The lowest BCUT2D eigenvalue weighted by molar-refractivity contribution is -0.110. The lowest BCUT2D eigenvalue weighted by Gasteiger charge is -2.55. The Kier molecular flexibility index (Phi) is 3.17. The minimum atomic E-state index is -0.338. The summed E-state index contributed by atoms with van der Waals surface area (Å²) in [5.41, 5.74) is 2.91. The van der Waals surface area contributed by atoms with Crippen molar-refractivity contribution in [3.05, 3.63) is 35.5 Å². The maximum atomic E-state index is 11.9. The molecule has 5 rings (SSSR count). The van der Waals surface area contributed by atoms with Crippen molar-refractivity contribution in [1.29, 1.82) is 0 Å². The Morgan fingerprint density at radius 2 is 2.08 bits per heavy atom. The molecule has 0 amide bonds. The molecular formula is C22H29NO2. The van der Waals surface area contributed by atoms with Gasteiger partial charge in [-0.3, -0.25) is 9.69 Å². The number of carbonyl (C=O) groups is 1. The monoisotopic (exact) mass is 339 g/mol. The molecule has 7 atom stereocenters. The van der Waals surface area contributed by atoms with E-state index in [-0.39, 0.29) is 22.8 Å². The summed E-state index contributed by atoms with van der Waals surface area (Å²) in [6.45, 7) is 4.62. The molecule has 0 aromatic carbocycles. The van der Waals surface area contributed by atoms with Crippen LogP contribution in [-0.4, -0.2) is 35.1 Å². The van der Waals surface area contributed by atoms with Crippen LogP contribution in [0.25, 0.3) is 0 Å².